The van der Waals surface area contributed by atoms with Gasteiger partial charge in [-0.25, -0.2) is 13.2 Å². The van der Waals surface area contributed by atoms with Crippen LogP contribution in [0.2, 0.25) is 4.34 Å². The Hall–Kier alpha value is -0.930. The fourth-order valence-electron chi connectivity index (χ4n) is 2.46. The number of ether oxygens (including phenoxy) is 1. The van der Waals surface area contributed by atoms with E-state index in [1.807, 2.05) is 5.38 Å². The standard InChI is InChI=1S/C13H12ClNO4S3/c1-19-13(16)12-8-5-7-20-9(8)4-6-15(12)22(17,18)11-3-2-10(14)21-11/h2-3,5,7,12H,4,6H2,1H3. The van der Waals surface area contributed by atoms with Gasteiger partial charge in [-0.2, -0.15) is 4.31 Å². The van der Waals surface area contributed by atoms with Gasteiger partial charge in [0.1, 0.15) is 10.3 Å². The van der Waals surface area contributed by atoms with Crippen molar-refractivity contribution in [1.29, 1.82) is 0 Å². The van der Waals surface area contributed by atoms with E-state index in [0.29, 0.717) is 16.3 Å². The second-order valence-electron chi connectivity index (χ2n) is 4.65. The van der Waals surface area contributed by atoms with Gasteiger partial charge in [0, 0.05) is 11.4 Å². The third-order valence-corrected chi connectivity index (χ3v) is 8.02. The van der Waals surface area contributed by atoms with E-state index < -0.39 is 22.0 Å². The van der Waals surface area contributed by atoms with Gasteiger partial charge in [0.25, 0.3) is 10.0 Å². The lowest BCUT2D eigenvalue weighted by molar-refractivity contribution is -0.145. The highest BCUT2D eigenvalue weighted by Gasteiger charge is 2.42. The number of nitrogens with zero attached hydrogens (tertiary/aromatic N) is 1. The number of methoxy groups -OCH3 is 1. The van der Waals surface area contributed by atoms with E-state index in [9.17, 15) is 13.2 Å². The number of hydrogen-bond donors (Lipinski definition) is 0. The Morgan fingerprint density at radius 1 is 1.41 bits per heavy atom. The van der Waals surface area contributed by atoms with Crippen molar-refractivity contribution in [2.24, 2.45) is 0 Å². The van der Waals surface area contributed by atoms with Crippen LogP contribution in [0.25, 0.3) is 0 Å². The Balaban J connectivity index is 2.08. The summed E-state index contributed by atoms with van der Waals surface area (Å²) in [6.45, 7) is 0.241. The van der Waals surface area contributed by atoms with Gasteiger partial charge in [-0.1, -0.05) is 11.6 Å². The van der Waals surface area contributed by atoms with Crippen molar-refractivity contribution >= 4 is 50.3 Å². The fraction of sp³-hybridized carbons (Fsp3) is 0.308. The molecule has 9 heteroatoms. The number of hydrogen-bond acceptors (Lipinski definition) is 6. The second-order valence-corrected chi connectivity index (χ2v) is 9.48. The molecule has 0 aromatic carbocycles. The summed E-state index contributed by atoms with van der Waals surface area (Å²) in [6, 6.07) is 3.84. The van der Waals surface area contributed by atoms with Crippen LogP contribution in [-0.2, 0) is 26.0 Å². The number of carbonyl (C=O) groups excluding carboxylic acids is 1. The van der Waals surface area contributed by atoms with Gasteiger partial charge >= 0.3 is 5.97 Å². The molecule has 3 heterocycles. The summed E-state index contributed by atoms with van der Waals surface area (Å²) in [5, 5.41) is 1.86. The summed E-state index contributed by atoms with van der Waals surface area (Å²) in [5.41, 5.74) is 0.703. The third-order valence-electron chi connectivity index (χ3n) is 3.46. The first-order valence-electron chi connectivity index (χ1n) is 6.36. The highest BCUT2D eigenvalue weighted by molar-refractivity contribution is 7.91. The smallest absolute Gasteiger partial charge is 0.328 e. The molecule has 118 valence electrons. The highest BCUT2D eigenvalue weighted by atomic mass is 35.5. The molecule has 2 aromatic rings. The quantitative estimate of drug-likeness (QED) is 0.771. The zero-order valence-electron chi connectivity index (χ0n) is 11.5. The van der Waals surface area contributed by atoms with E-state index in [4.69, 9.17) is 16.3 Å². The van der Waals surface area contributed by atoms with Crippen LogP contribution >= 0.6 is 34.3 Å². The molecule has 1 atom stereocenters. The lowest BCUT2D eigenvalue weighted by Gasteiger charge is -2.32. The summed E-state index contributed by atoms with van der Waals surface area (Å²) in [5.74, 6) is -0.578. The van der Waals surface area contributed by atoms with Gasteiger partial charge in [-0.15, -0.1) is 22.7 Å². The van der Waals surface area contributed by atoms with Crippen LogP contribution in [0.3, 0.4) is 0 Å². The molecule has 0 radical (unpaired) electrons. The van der Waals surface area contributed by atoms with E-state index in [1.165, 1.54) is 34.9 Å². The van der Waals surface area contributed by atoms with E-state index in [-0.39, 0.29) is 10.8 Å². The van der Waals surface area contributed by atoms with Crippen molar-refractivity contribution in [3.8, 4) is 0 Å². The highest BCUT2D eigenvalue weighted by Crippen LogP contribution is 2.39. The first kappa shape index (κ1) is 15.9. The summed E-state index contributed by atoms with van der Waals surface area (Å²) in [4.78, 5) is 13.2. The molecule has 0 saturated carbocycles. The summed E-state index contributed by atoms with van der Waals surface area (Å²) < 4.78 is 32.2. The van der Waals surface area contributed by atoms with Gasteiger partial charge in [0.05, 0.1) is 11.4 Å². The Labute approximate surface area is 141 Å². The molecule has 1 aliphatic rings. The third kappa shape index (κ3) is 2.59. The summed E-state index contributed by atoms with van der Waals surface area (Å²) in [6.07, 6.45) is 0.582. The molecule has 1 unspecified atom stereocenters. The van der Waals surface area contributed by atoms with Gasteiger partial charge < -0.3 is 4.74 Å². The normalized spacial score (nSPS) is 18.9. The largest absolute Gasteiger partial charge is 0.468 e. The maximum Gasteiger partial charge on any atom is 0.328 e. The summed E-state index contributed by atoms with van der Waals surface area (Å²) in [7, 11) is -2.54. The molecule has 0 spiro atoms. The van der Waals surface area contributed by atoms with Crippen molar-refractivity contribution in [2.45, 2.75) is 16.7 Å². The van der Waals surface area contributed by atoms with Crippen molar-refractivity contribution < 1.29 is 17.9 Å². The lowest BCUT2D eigenvalue weighted by atomic mass is 10.0. The molecule has 0 amide bonds. The van der Waals surface area contributed by atoms with Crippen LogP contribution in [0.5, 0.6) is 0 Å². The van der Waals surface area contributed by atoms with Crippen molar-refractivity contribution in [3.05, 3.63) is 38.4 Å². The van der Waals surface area contributed by atoms with Crippen molar-refractivity contribution in [3.63, 3.8) is 0 Å². The van der Waals surface area contributed by atoms with Crippen LogP contribution in [0, 0.1) is 0 Å². The SMILES string of the molecule is COC(=O)C1c2ccsc2CCN1S(=O)(=O)c1ccc(Cl)s1. The molecule has 0 fully saturated rings. The van der Waals surface area contributed by atoms with Crippen molar-refractivity contribution in [2.75, 3.05) is 13.7 Å². The first-order chi connectivity index (χ1) is 10.4. The predicted molar refractivity (Wildman–Crippen MR) is 86.0 cm³/mol. The van der Waals surface area contributed by atoms with Crippen LogP contribution in [0.4, 0.5) is 0 Å². The Bertz CT molecular complexity index is 811. The number of rotatable bonds is 3. The van der Waals surface area contributed by atoms with Gasteiger partial charge in [-0.3, -0.25) is 0 Å². The number of esters is 1. The fourth-order valence-corrected chi connectivity index (χ4v) is 6.54. The van der Waals surface area contributed by atoms with E-state index in [0.717, 1.165) is 16.2 Å². The maximum atomic E-state index is 12.8. The molecule has 22 heavy (non-hydrogen) atoms. The molecule has 0 bridgehead atoms. The minimum Gasteiger partial charge on any atom is -0.468 e. The molecule has 2 aromatic heterocycles. The molecule has 3 rings (SSSR count). The Morgan fingerprint density at radius 3 is 2.82 bits per heavy atom. The van der Waals surface area contributed by atoms with Crippen molar-refractivity contribution in [1.82, 2.24) is 4.31 Å². The molecular weight excluding hydrogens is 366 g/mol. The van der Waals surface area contributed by atoms with E-state index in [2.05, 4.69) is 0 Å². The number of halogens is 1. The lowest BCUT2D eigenvalue weighted by Crippen LogP contribution is -2.43. The molecule has 0 saturated heterocycles. The molecule has 0 aliphatic carbocycles. The van der Waals surface area contributed by atoms with Crippen LogP contribution in [0.1, 0.15) is 16.5 Å². The van der Waals surface area contributed by atoms with E-state index >= 15 is 0 Å². The molecule has 0 N–H and O–H groups in total. The minimum absolute atomic E-state index is 0.130. The van der Waals surface area contributed by atoms with Crippen LogP contribution in [0.15, 0.2) is 27.8 Å². The van der Waals surface area contributed by atoms with Crippen LogP contribution in [-0.4, -0.2) is 32.3 Å². The average Bonchev–Trinajstić information content (AvgIpc) is 3.13. The van der Waals surface area contributed by atoms with Gasteiger partial charge in [0.15, 0.2) is 0 Å². The van der Waals surface area contributed by atoms with Gasteiger partial charge in [0.2, 0.25) is 0 Å². The monoisotopic (exact) mass is 377 g/mol. The second kappa shape index (κ2) is 5.93. The number of fused-ring (bicyclic) bond motifs is 1. The molecule has 1 aliphatic heterocycles. The number of thiophene rings is 2. The molecular formula is C13H12ClNO4S3. The average molecular weight is 378 g/mol. The first-order valence-corrected chi connectivity index (χ1v) is 9.88. The maximum absolute atomic E-state index is 12.8. The number of carbonyl (C=O) groups is 1. The Morgan fingerprint density at radius 2 is 2.18 bits per heavy atom. The number of sulfonamides is 1. The van der Waals surface area contributed by atoms with Gasteiger partial charge in [-0.05, 0) is 35.6 Å². The topological polar surface area (TPSA) is 63.7 Å². The van der Waals surface area contributed by atoms with E-state index in [1.54, 1.807) is 6.07 Å². The Kier molecular flexibility index (Phi) is 4.30. The summed E-state index contributed by atoms with van der Waals surface area (Å²) >= 11 is 8.34. The van der Waals surface area contributed by atoms with Crippen LogP contribution < -0.4 is 0 Å². The minimum atomic E-state index is -3.79. The zero-order valence-corrected chi connectivity index (χ0v) is 14.7. The zero-order chi connectivity index (χ0) is 15.9. The predicted octanol–water partition coefficient (Wildman–Crippen LogP) is 2.92. The molecule has 5 nitrogen and oxygen atoms in total.